The molecule has 9 heteroatoms. The quantitative estimate of drug-likeness (QED) is 0.286. The van der Waals surface area contributed by atoms with E-state index in [2.05, 4.69) is 24.7 Å². The summed E-state index contributed by atoms with van der Waals surface area (Å²) in [6.45, 7) is 11.4. The Morgan fingerprint density at radius 2 is 1.68 bits per heavy atom. The van der Waals surface area contributed by atoms with Crippen LogP contribution < -0.4 is 5.19 Å². The summed E-state index contributed by atoms with van der Waals surface area (Å²) in [5.41, 5.74) is -1.79. The van der Waals surface area contributed by atoms with Gasteiger partial charge in [-0.05, 0) is 32.4 Å². The van der Waals surface area contributed by atoms with Crippen molar-refractivity contribution in [1.82, 2.24) is 9.78 Å². The first kappa shape index (κ1) is 24.4. The number of nitrogens with zero attached hydrogens (tertiary/aromatic N) is 3. The van der Waals surface area contributed by atoms with E-state index in [1.54, 1.807) is 32.9 Å². The van der Waals surface area contributed by atoms with Gasteiger partial charge in [0.15, 0.2) is 11.5 Å². The highest BCUT2D eigenvalue weighted by Gasteiger charge is 2.36. The van der Waals surface area contributed by atoms with Crippen molar-refractivity contribution in [3.05, 3.63) is 47.3 Å². The van der Waals surface area contributed by atoms with Crippen molar-refractivity contribution in [3.8, 4) is 6.07 Å². The van der Waals surface area contributed by atoms with E-state index in [1.807, 2.05) is 18.2 Å². The first-order valence-electron chi connectivity index (χ1n) is 9.65. The molecular formula is C22H26F3N3O2Si. The van der Waals surface area contributed by atoms with E-state index in [0.29, 0.717) is 5.56 Å². The third kappa shape index (κ3) is 5.64. The largest absolute Gasteiger partial charge is 0.435 e. The summed E-state index contributed by atoms with van der Waals surface area (Å²) in [7, 11) is -0.289. The Bertz CT molecular complexity index is 1050. The Hall–Kier alpha value is -2.86. The number of halogens is 3. The number of ether oxygens (including phenoxy) is 1. The van der Waals surface area contributed by atoms with Gasteiger partial charge in [0.05, 0.1) is 13.5 Å². The molecule has 0 saturated heterocycles. The molecule has 5 nitrogen and oxygen atoms in total. The molecule has 1 aromatic carbocycles. The summed E-state index contributed by atoms with van der Waals surface area (Å²) in [6.07, 6.45) is -4.68. The van der Waals surface area contributed by atoms with E-state index < -0.39 is 31.3 Å². The van der Waals surface area contributed by atoms with Gasteiger partial charge in [-0.25, -0.2) is 0 Å². The third-order valence-corrected chi connectivity index (χ3v) is 6.65. The van der Waals surface area contributed by atoms with Crippen molar-refractivity contribution in [1.29, 1.82) is 5.26 Å². The second-order valence-corrected chi connectivity index (χ2v) is 14.4. The maximum atomic E-state index is 13.2. The van der Waals surface area contributed by atoms with Crippen LogP contribution in [0.1, 0.15) is 37.7 Å². The number of hydrogen-bond donors (Lipinski definition) is 0. The second kappa shape index (κ2) is 8.34. The molecular weight excluding hydrogens is 423 g/mol. The van der Waals surface area contributed by atoms with Gasteiger partial charge in [-0.1, -0.05) is 49.1 Å². The van der Waals surface area contributed by atoms with Crippen LogP contribution in [0.3, 0.4) is 0 Å². The van der Waals surface area contributed by atoms with Gasteiger partial charge in [0.1, 0.15) is 17.3 Å². The number of carbonyl (C=O) groups is 1. The van der Waals surface area contributed by atoms with Crippen LogP contribution in [-0.2, 0) is 22.8 Å². The van der Waals surface area contributed by atoms with Crippen LogP contribution in [0.25, 0.3) is 11.3 Å². The minimum Gasteiger partial charge on any atom is -0.422 e. The minimum atomic E-state index is -4.68. The lowest BCUT2D eigenvalue weighted by Crippen LogP contribution is -2.37. The highest BCUT2D eigenvalue weighted by atomic mass is 28.3. The Kier molecular flexibility index (Phi) is 6.57. The molecule has 0 fully saturated rings. The Morgan fingerprint density at radius 3 is 2.06 bits per heavy atom. The van der Waals surface area contributed by atoms with Crippen molar-refractivity contribution < 1.29 is 22.7 Å². The minimum absolute atomic E-state index is 0.0450. The number of esters is 1. The summed E-state index contributed by atoms with van der Waals surface area (Å²) in [6, 6.07) is 10.0. The molecule has 0 bridgehead atoms. The average molecular weight is 450 g/mol. The summed E-state index contributed by atoms with van der Waals surface area (Å²) < 4.78 is 46.1. The van der Waals surface area contributed by atoms with E-state index in [-0.39, 0.29) is 17.0 Å². The predicted octanol–water partition coefficient (Wildman–Crippen LogP) is 4.97. The normalized spacial score (nSPS) is 13.5. The first-order valence-corrected chi connectivity index (χ1v) is 13.1. The zero-order valence-corrected chi connectivity index (χ0v) is 19.7. The fraction of sp³-hybridized carbons (Fsp3) is 0.409. The molecule has 0 spiro atoms. The molecule has 2 aromatic rings. The van der Waals surface area contributed by atoms with E-state index in [4.69, 9.17) is 4.74 Å². The molecule has 31 heavy (non-hydrogen) atoms. The molecule has 0 radical (unpaired) electrons. The topological polar surface area (TPSA) is 67.9 Å². The van der Waals surface area contributed by atoms with Crippen LogP contribution in [0.4, 0.5) is 13.2 Å². The highest BCUT2D eigenvalue weighted by Crippen LogP contribution is 2.34. The lowest BCUT2D eigenvalue weighted by atomic mass is 9.97. The Morgan fingerprint density at radius 1 is 1.13 bits per heavy atom. The molecule has 1 aromatic heterocycles. The fourth-order valence-electron chi connectivity index (χ4n) is 2.68. The summed E-state index contributed by atoms with van der Waals surface area (Å²) in [5, 5.41) is 14.5. The van der Waals surface area contributed by atoms with Crippen molar-refractivity contribution in [3.63, 3.8) is 0 Å². The lowest BCUT2D eigenvalue weighted by molar-refractivity contribution is -0.145. The van der Waals surface area contributed by atoms with Gasteiger partial charge in [-0.15, -0.1) is 0 Å². The number of rotatable bonds is 4. The standard InChI is InChI=1S/C22H26F3N3O2Si/c1-21(2,3)20(29)30-19(17-12-18(22(23,24)25)27-28(17)4)16(13-26)14-8-10-15(11-9-14)31(5,6)7/h8-12H,1-7H3/b19-16-. The van der Waals surface area contributed by atoms with Crippen molar-refractivity contribution in [2.45, 2.75) is 46.6 Å². The van der Waals surface area contributed by atoms with Gasteiger partial charge in [0.25, 0.3) is 0 Å². The molecule has 0 atom stereocenters. The average Bonchev–Trinajstić information content (AvgIpc) is 3.02. The lowest BCUT2D eigenvalue weighted by Gasteiger charge is -2.20. The zero-order chi connectivity index (χ0) is 23.8. The van der Waals surface area contributed by atoms with Crippen molar-refractivity contribution in [2.75, 3.05) is 0 Å². The fourth-order valence-corrected chi connectivity index (χ4v) is 3.85. The van der Waals surface area contributed by atoms with Crippen LogP contribution in [0, 0.1) is 16.7 Å². The number of benzene rings is 1. The number of carbonyl (C=O) groups excluding carboxylic acids is 1. The summed E-state index contributed by atoms with van der Waals surface area (Å²) >= 11 is 0. The van der Waals surface area contributed by atoms with E-state index in [0.717, 1.165) is 15.9 Å². The molecule has 0 N–H and O–H groups in total. The number of aromatic nitrogens is 2. The summed E-state index contributed by atoms with van der Waals surface area (Å²) in [5.74, 6) is -0.933. The number of allylic oxidation sites excluding steroid dienone is 1. The van der Waals surface area contributed by atoms with E-state index in [9.17, 15) is 23.2 Å². The predicted molar refractivity (Wildman–Crippen MR) is 116 cm³/mol. The SMILES string of the molecule is Cn1nc(C(F)(F)F)cc1/C(OC(=O)C(C)(C)C)=C(\C#N)c1ccc([Si](C)(C)C)cc1. The molecule has 0 aliphatic heterocycles. The number of nitriles is 1. The molecule has 0 amide bonds. The highest BCUT2D eigenvalue weighted by molar-refractivity contribution is 6.88. The van der Waals surface area contributed by atoms with Gasteiger partial charge in [0.2, 0.25) is 0 Å². The van der Waals surface area contributed by atoms with Crippen molar-refractivity contribution in [2.24, 2.45) is 12.5 Å². The Labute approximate surface area is 181 Å². The van der Waals surface area contributed by atoms with Gasteiger partial charge >= 0.3 is 12.1 Å². The van der Waals surface area contributed by atoms with Crippen LogP contribution in [0.5, 0.6) is 0 Å². The molecule has 1 heterocycles. The molecule has 0 aliphatic rings. The monoisotopic (exact) mass is 449 g/mol. The van der Waals surface area contributed by atoms with Gasteiger partial charge in [0, 0.05) is 7.05 Å². The van der Waals surface area contributed by atoms with Gasteiger partial charge < -0.3 is 4.74 Å². The molecule has 0 unspecified atom stereocenters. The number of hydrogen-bond acceptors (Lipinski definition) is 4. The molecule has 0 aliphatic carbocycles. The number of alkyl halides is 3. The zero-order valence-electron chi connectivity index (χ0n) is 18.7. The smallest absolute Gasteiger partial charge is 0.422 e. The molecule has 0 saturated carbocycles. The number of aryl methyl sites for hydroxylation is 1. The van der Waals surface area contributed by atoms with Gasteiger partial charge in [-0.3, -0.25) is 9.48 Å². The van der Waals surface area contributed by atoms with Crippen LogP contribution in [-0.4, -0.2) is 23.8 Å². The van der Waals surface area contributed by atoms with E-state index >= 15 is 0 Å². The van der Waals surface area contributed by atoms with Crippen molar-refractivity contribution >= 4 is 30.6 Å². The molecule has 166 valence electrons. The van der Waals surface area contributed by atoms with E-state index in [1.165, 1.54) is 7.05 Å². The second-order valence-electron chi connectivity index (χ2n) is 9.32. The van der Waals surface area contributed by atoms with Crippen LogP contribution >= 0.6 is 0 Å². The molecule has 2 rings (SSSR count). The maximum Gasteiger partial charge on any atom is 0.435 e. The first-order chi connectivity index (χ1) is 14.1. The van der Waals surface area contributed by atoms with Crippen LogP contribution in [0.2, 0.25) is 19.6 Å². The van der Waals surface area contributed by atoms with Crippen LogP contribution in [0.15, 0.2) is 30.3 Å². The third-order valence-electron chi connectivity index (χ3n) is 4.59. The Balaban J connectivity index is 2.73. The summed E-state index contributed by atoms with van der Waals surface area (Å²) in [4.78, 5) is 12.6. The maximum absolute atomic E-state index is 13.2. The van der Waals surface area contributed by atoms with Gasteiger partial charge in [-0.2, -0.15) is 23.5 Å².